The van der Waals surface area contributed by atoms with E-state index in [1.54, 1.807) is 0 Å². The van der Waals surface area contributed by atoms with E-state index in [0.29, 0.717) is 0 Å². The molecule has 0 atom stereocenters. The Morgan fingerprint density at radius 2 is 2.09 bits per heavy atom. The molecule has 0 unspecified atom stereocenters. The zero-order valence-corrected chi connectivity index (χ0v) is 7.65. The first kappa shape index (κ1) is 9.10. The van der Waals surface area contributed by atoms with Crippen molar-refractivity contribution in [1.29, 1.82) is 0 Å². The summed E-state index contributed by atoms with van der Waals surface area (Å²) in [4.78, 5) is 2.35. The molecule has 1 aliphatic heterocycles. The number of nitrogens with zero attached hydrogens (tertiary/aromatic N) is 1. The van der Waals surface area contributed by atoms with Gasteiger partial charge in [-0.1, -0.05) is 12.2 Å². The van der Waals surface area contributed by atoms with Crippen LogP contribution < -0.4 is 0 Å². The van der Waals surface area contributed by atoms with Crippen LogP contribution in [0.3, 0.4) is 0 Å². The van der Waals surface area contributed by atoms with Crippen molar-refractivity contribution in [2.24, 2.45) is 0 Å². The summed E-state index contributed by atoms with van der Waals surface area (Å²) in [6.45, 7) is 8.68. The standard InChI is InChI=1S/C8H15NOS/c1-8(7-11)6-9-2-4-10-5-3-9/h11H,1-7H2. The molecule has 11 heavy (non-hydrogen) atoms. The highest BCUT2D eigenvalue weighted by Crippen LogP contribution is 2.01. The van der Waals surface area contributed by atoms with E-state index in [4.69, 9.17) is 4.74 Å². The first-order valence-corrected chi connectivity index (χ1v) is 4.54. The Balaban J connectivity index is 2.19. The second kappa shape index (κ2) is 4.80. The summed E-state index contributed by atoms with van der Waals surface area (Å²) in [5.74, 6) is 0.789. The first-order chi connectivity index (χ1) is 5.33. The third-order valence-electron chi connectivity index (χ3n) is 1.77. The summed E-state index contributed by atoms with van der Waals surface area (Å²) in [5, 5.41) is 0. The Morgan fingerprint density at radius 1 is 1.45 bits per heavy atom. The van der Waals surface area contributed by atoms with Crippen LogP contribution in [0.4, 0.5) is 0 Å². The van der Waals surface area contributed by atoms with Crippen molar-refractivity contribution in [1.82, 2.24) is 4.90 Å². The van der Waals surface area contributed by atoms with Gasteiger partial charge >= 0.3 is 0 Å². The Kier molecular flexibility index (Phi) is 3.97. The average Bonchev–Trinajstić information content (AvgIpc) is 2.06. The van der Waals surface area contributed by atoms with Gasteiger partial charge in [-0.3, -0.25) is 4.90 Å². The van der Waals surface area contributed by atoms with Gasteiger partial charge in [-0.05, 0) is 0 Å². The SMILES string of the molecule is C=C(CS)CN1CCOCC1. The van der Waals surface area contributed by atoms with E-state index in [2.05, 4.69) is 24.1 Å². The molecule has 0 N–H and O–H groups in total. The fraction of sp³-hybridized carbons (Fsp3) is 0.750. The minimum Gasteiger partial charge on any atom is -0.379 e. The van der Waals surface area contributed by atoms with Crippen LogP contribution in [0.2, 0.25) is 0 Å². The summed E-state index contributed by atoms with van der Waals surface area (Å²) >= 11 is 4.16. The van der Waals surface area contributed by atoms with Crippen molar-refractivity contribution in [3.05, 3.63) is 12.2 Å². The molecular weight excluding hydrogens is 158 g/mol. The van der Waals surface area contributed by atoms with E-state index < -0.39 is 0 Å². The van der Waals surface area contributed by atoms with Gasteiger partial charge in [0.25, 0.3) is 0 Å². The van der Waals surface area contributed by atoms with Gasteiger partial charge in [0.05, 0.1) is 13.2 Å². The number of morpholine rings is 1. The van der Waals surface area contributed by atoms with Crippen molar-refractivity contribution in [3.8, 4) is 0 Å². The van der Waals surface area contributed by atoms with E-state index in [1.807, 2.05) is 0 Å². The molecule has 2 nitrogen and oxygen atoms in total. The lowest BCUT2D eigenvalue weighted by atomic mass is 10.3. The Hall–Kier alpha value is 0.01000. The molecule has 0 aromatic heterocycles. The van der Waals surface area contributed by atoms with Crippen LogP contribution in [0.1, 0.15) is 0 Å². The third-order valence-corrected chi connectivity index (χ3v) is 2.22. The number of hydrogen-bond acceptors (Lipinski definition) is 3. The molecule has 1 fully saturated rings. The molecule has 0 saturated carbocycles. The zero-order chi connectivity index (χ0) is 8.10. The topological polar surface area (TPSA) is 12.5 Å². The summed E-state index contributed by atoms with van der Waals surface area (Å²) in [6, 6.07) is 0. The van der Waals surface area contributed by atoms with E-state index in [-0.39, 0.29) is 0 Å². The summed E-state index contributed by atoms with van der Waals surface area (Å²) in [6.07, 6.45) is 0. The maximum atomic E-state index is 5.22. The lowest BCUT2D eigenvalue weighted by molar-refractivity contribution is 0.0424. The molecule has 0 aliphatic carbocycles. The van der Waals surface area contributed by atoms with E-state index >= 15 is 0 Å². The quantitative estimate of drug-likeness (QED) is 0.501. The minimum absolute atomic E-state index is 0.789. The van der Waals surface area contributed by atoms with Crippen LogP contribution in [-0.4, -0.2) is 43.5 Å². The summed E-state index contributed by atoms with van der Waals surface area (Å²) < 4.78 is 5.22. The van der Waals surface area contributed by atoms with Gasteiger partial charge in [-0.15, -0.1) is 0 Å². The highest BCUT2D eigenvalue weighted by Gasteiger charge is 2.09. The molecule has 1 rings (SSSR count). The molecule has 0 aromatic carbocycles. The fourth-order valence-corrected chi connectivity index (χ4v) is 1.23. The normalized spacial score (nSPS) is 20.1. The van der Waals surface area contributed by atoms with Crippen molar-refractivity contribution in [2.45, 2.75) is 0 Å². The molecule has 0 radical (unpaired) electrons. The molecule has 3 heteroatoms. The number of thiol groups is 1. The maximum Gasteiger partial charge on any atom is 0.0594 e. The highest BCUT2D eigenvalue weighted by atomic mass is 32.1. The zero-order valence-electron chi connectivity index (χ0n) is 6.75. The Bertz CT molecular complexity index is 132. The molecular formula is C8H15NOS. The van der Waals surface area contributed by atoms with Gasteiger partial charge in [-0.25, -0.2) is 0 Å². The Labute approximate surface area is 73.6 Å². The van der Waals surface area contributed by atoms with Gasteiger partial charge in [0.15, 0.2) is 0 Å². The third kappa shape index (κ3) is 3.27. The molecule has 0 aromatic rings. The number of rotatable bonds is 3. The second-order valence-electron chi connectivity index (χ2n) is 2.80. The minimum atomic E-state index is 0.789. The summed E-state index contributed by atoms with van der Waals surface area (Å²) in [5.41, 5.74) is 1.19. The van der Waals surface area contributed by atoms with Gasteiger partial charge < -0.3 is 4.74 Å². The van der Waals surface area contributed by atoms with Crippen LogP contribution in [0.15, 0.2) is 12.2 Å². The van der Waals surface area contributed by atoms with Crippen LogP contribution >= 0.6 is 12.6 Å². The predicted molar refractivity (Wildman–Crippen MR) is 50.3 cm³/mol. The largest absolute Gasteiger partial charge is 0.379 e. The monoisotopic (exact) mass is 173 g/mol. The van der Waals surface area contributed by atoms with Gasteiger partial charge in [-0.2, -0.15) is 12.6 Å². The molecule has 1 heterocycles. The fourth-order valence-electron chi connectivity index (χ4n) is 1.13. The van der Waals surface area contributed by atoms with Gasteiger partial charge in [0.2, 0.25) is 0 Å². The average molecular weight is 173 g/mol. The van der Waals surface area contributed by atoms with E-state index in [0.717, 1.165) is 38.6 Å². The highest BCUT2D eigenvalue weighted by molar-refractivity contribution is 7.80. The van der Waals surface area contributed by atoms with Crippen molar-refractivity contribution in [2.75, 3.05) is 38.6 Å². The molecule has 0 amide bonds. The molecule has 1 saturated heterocycles. The van der Waals surface area contributed by atoms with Crippen molar-refractivity contribution < 1.29 is 4.74 Å². The molecule has 1 aliphatic rings. The van der Waals surface area contributed by atoms with Crippen LogP contribution in [0.5, 0.6) is 0 Å². The van der Waals surface area contributed by atoms with E-state index in [1.165, 1.54) is 5.57 Å². The number of ether oxygens (including phenoxy) is 1. The van der Waals surface area contributed by atoms with Crippen LogP contribution in [-0.2, 0) is 4.74 Å². The van der Waals surface area contributed by atoms with Gasteiger partial charge in [0.1, 0.15) is 0 Å². The summed E-state index contributed by atoms with van der Waals surface area (Å²) in [7, 11) is 0. The first-order valence-electron chi connectivity index (χ1n) is 3.90. The Morgan fingerprint density at radius 3 is 2.64 bits per heavy atom. The van der Waals surface area contributed by atoms with Crippen LogP contribution in [0, 0.1) is 0 Å². The molecule has 0 spiro atoms. The number of hydrogen-bond donors (Lipinski definition) is 1. The van der Waals surface area contributed by atoms with E-state index in [9.17, 15) is 0 Å². The predicted octanol–water partition coefficient (Wildman–Crippen LogP) is 0.805. The lowest BCUT2D eigenvalue weighted by Crippen LogP contribution is -2.37. The van der Waals surface area contributed by atoms with Crippen LogP contribution in [0.25, 0.3) is 0 Å². The lowest BCUT2D eigenvalue weighted by Gasteiger charge is -2.26. The van der Waals surface area contributed by atoms with Crippen molar-refractivity contribution >= 4 is 12.6 Å². The second-order valence-corrected chi connectivity index (χ2v) is 3.11. The van der Waals surface area contributed by atoms with Crippen molar-refractivity contribution in [3.63, 3.8) is 0 Å². The molecule has 64 valence electrons. The maximum absolute atomic E-state index is 5.22. The van der Waals surface area contributed by atoms with Gasteiger partial charge in [0, 0.05) is 25.4 Å². The smallest absolute Gasteiger partial charge is 0.0594 e. The molecule has 0 bridgehead atoms.